The number of nitrogens with one attached hydrogen (secondary N) is 1. The molecule has 1 N–H and O–H groups in total. The van der Waals surface area contributed by atoms with Gasteiger partial charge in [0.2, 0.25) is 0 Å². The number of hydrogen-bond donors (Lipinski definition) is 1. The van der Waals surface area contributed by atoms with Crippen LogP contribution in [-0.4, -0.2) is 9.30 Å². The predicted octanol–water partition coefficient (Wildman–Crippen LogP) is 4.80. The third-order valence-electron chi connectivity index (χ3n) is 3.77. The number of halogens is 2. The minimum Gasteiger partial charge on any atom is -0.453 e. The second-order valence-corrected chi connectivity index (χ2v) is 6.45. The molecule has 0 aliphatic rings. The highest BCUT2D eigenvalue weighted by molar-refractivity contribution is 6.30. The molecule has 0 radical (unpaired) electrons. The van der Waals surface area contributed by atoms with Crippen LogP contribution in [0.1, 0.15) is 22.5 Å². The van der Waals surface area contributed by atoms with Crippen LogP contribution in [0.15, 0.2) is 48.5 Å². The lowest BCUT2D eigenvalue weighted by molar-refractivity contribution is 0.468. The monoisotopic (exact) mass is 386 g/mol. The number of hydrogen-bond acceptors (Lipinski definition) is 4. The molecule has 132 valence electrons. The number of ether oxygens (including phenoxy) is 1. The Kier molecular flexibility index (Phi) is 5.79. The van der Waals surface area contributed by atoms with E-state index in [1.165, 1.54) is 4.20 Å². The van der Waals surface area contributed by atoms with Gasteiger partial charge in [0.25, 0.3) is 0 Å². The van der Waals surface area contributed by atoms with E-state index in [9.17, 15) is 0 Å². The molecule has 0 spiro atoms. The first kappa shape index (κ1) is 18.3. The summed E-state index contributed by atoms with van der Waals surface area (Å²) in [6.07, 6.45) is 0. The summed E-state index contributed by atoms with van der Waals surface area (Å²) in [5.74, 6) is 1.15. The van der Waals surface area contributed by atoms with Crippen molar-refractivity contribution in [1.82, 2.24) is 14.6 Å². The molecule has 0 unspecified atom stereocenters. The van der Waals surface area contributed by atoms with Crippen LogP contribution >= 0.6 is 23.4 Å². The zero-order valence-electron chi connectivity index (χ0n) is 14.0. The molecule has 1 heterocycles. The van der Waals surface area contributed by atoms with Crippen molar-refractivity contribution in [1.29, 1.82) is 5.26 Å². The van der Waals surface area contributed by atoms with Gasteiger partial charge < -0.3 is 10.1 Å². The molecule has 3 aromatic rings. The van der Waals surface area contributed by atoms with Crippen LogP contribution in [0.5, 0.6) is 11.5 Å². The van der Waals surface area contributed by atoms with Crippen LogP contribution in [0.2, 0.25) is 5.02 Å². The van der Waals surface area contributed by atoms with Crippen molar-refractivity contribution in [3.8, 4) is 17.6 Å². The van der Waals surface area contributed by atoms with Gasteiger partial charge in [0.05, 0.1) is 11.6 Å². The first-order valence-corrected chi connectivity index (χ1v) is 8.66. The number of nitriles is 1. The third kappa shape index (κ3) is 4.36. The molecular weight excluding hydrogens is 371 g/mol. The Hall–Kier alpha value is -2.52. The minimum atomic E-state index is 0.472. The lowest BCUT2D eigenvalue weighted by Gasteiger charge is -2.09. The Morgan fingerprint density at radius 3 is 2.69 bits per heavy atom. The van der Waals surface area contributed by atoms with Crippen LogP contribution < -0.4 is 10.1 Å². The first-order chi connectivity index (χ1) is 12.6. The predicted molar refractivity (Wildman–Crippen MR) is 101 cm³/mol. The van der Waals surface area contributed by atoms with Crippen molar-refractivity contribution in [3.63, 3.8) is 0 Å². The Bertz CT molecular complexity index is 945. The normalized spacial score (nSPS) is 10.5. The van der Waals surface area contributed by atoms with Crippen LogP contribution in [0.3, 0.4) is 0 Å². The topological polar surface area (TPSA) is 62.9 Å². The highest BCUT2D eigenvalue weighted by atomic mass is 35.5. The maximum Gasteiger partial charge on any atom is 0.174 e. The van der Waals surface area contributed by atoms with E-state index in [0.717, 1.165) is 5.56 Å². The first-order valence-electron chi connectivity index (χ1n) is 7.94. The highest BCUT2D eigenvalue weighted by Gasteiger charge is 2.17. The molecule has 0 saturated heterocycles. The molecule has 26 heavy (non-hydrogen) atoms. The number of rotatable bonds is 6. The zero-order chi connectivity index (χ0) is 18.5. The molecule has 0 amide bonds. The van der Waals surface area contributed by atoms with Gasteiger partial charge in [-0.3, -0.25) is 0 Å². The molecule has 1 aromatic heterocycles. The van der Waals surface area contributed by atoms with Gasteiger partial charge in [-0.2, -0.15) is 14.6 Å². The van der Waals surface area contributed by atoms with Crippen LogP contribution in [0, 0.1) is 18.3 Å². The van der Waals surface area contributed by atoms with Crippen molar-refractivity contribution in [2.24, 2.45) is 0 Å². The SMILES string of the molecule is Cc1nn(Cl)c(CNCc2ccc(Cl)cc2)c1Oc1cccc(C#N)c1. The Balaban J connectivity index is 1.73. The molecule has 0 aliphatic heterocycles. The standard InChI is InChI=1S/C19H16Cl2N4O/c1-13-19(26-17-4-2-3-15(9-17)10-22)18(25(21)24-13)12-23-11-14-5-7-16(20)8-6-14/h2-9,23H,11-12H2,1H3. The summed E-state index contributed by atoms with van der Waals surface area (Å²) < 4.78 is 7.23. The number of nitrogens with zero attached hydrogens (tertiary/aromatic N) is 3. The van der Waals surface area contributed by atoms with Gasteiger partial charge >= 0.3 is 0 Å². The maximum absolute atomic E-state index is 9.02. The molecule has 3 rings (SSSR count). The molecular formula is C19H16Cl2N4O. The van der Waals surface area contributed by atoms with E-state index < -0.39 is 0 Å². The summed E-state index contributed by atoms with van der Waals surface area (Å²) in [6.45, 7) is 2.95. The van der Waals surface area contributed by atoms with Gasteiger partial charge in [-0.1, -0.05) is 29.8 Å². The number of aryl methyl sites for hydroxylation is 1. The van der Waals surface area contributed by atoms with E-state index in [1.54, 1.807) is 24.3 Å². The zero-order valence-corrected chi connectivity index (χ0v) is 15.6. The number of aromatic nitrogens is 2. The summed E-state index contributed by atoms with van der Waals surface area (Å²) in [6, 6.07) is 16.7. The summed E-state index contributed by atoms with van der Waals surface area (Å²) in [7, 11) is 0. The average Bonchev–Trinajstić information content (AvgIpc) is 2.90. The molecule has 7 heteroatoms. The molecule has 0 fully saturated rings. The van der Waals surface area contributed by atoms with E-state index in [0.29, 0.717) is 46.6 Å². The van der Waals surface area contributed by atoms with Gasteiger partial charge in [-0.05, 0) is 42.8 Å². The molecule has 5 nitrogen and oxygen atoms in total. The smallest absolute Gasteiger partial charge is 0.174 e. The average molecular weight is 387 g/mol. The van der Waals surface area contributed by atoms with Gasteiger partial charge in [0.15, 0.2) is 5.75 Å². The van der Waals surface area contributed by atoms with Crippen LogP contribution in [-0.2, 0) is 13.1 Å². The fourth-order valence-electron chi connectivity index (χ4n) is 2.48. The summed E-state index contributed by atoms with van der Waals surface area (Å²) in [5, 5.41) is 17.3. The van der Waals surface area contributed by atoms with Gasteiger partial charge in [0.1, 0.15) is 17.1 Å². The van der Waals surface area contributed by atoms with E-state index in [-0.39, 0.29) is 0 Å². The van der Waals surface area contributed by atoms with Gasteiger partial charge in [0, 0.05) is 29.9 Å². The van der Waals surface area contributed by atoms with E-state index in [2.05, 4.69) is 16.5 Å². The van der Waals surface area contributed by atoms with Crippen molar-refractivity contribution in [2.45, 2.75) is 20.0 Å². The van der Waals surface area contributed by atoms with Gasteiger partial charge in [-0.25, -0.2) is 0 Å². The van der Waals surface area contributed by atoms with E-state index in [1.807, 2.05) is 31.2 Å². The summed E-state index contributed by atoms with van der Waals surface area (Å²) in [4.78, 5) is 0. The lowest BCUT2D eigenvalue weighted by atomic mass is 10.2. The molecule has 0 saturated carbocycles. The fourth-order valence-corrected chi connectivity index (χ4v) is 2.86. The van der Waals surface area contributed by atoms with E-state index >= 15 is 0 Å². The second-order valence-electron chi connectivity index (χ2n) is 5.69. The van der Waals surface area contributed by atoms with Gasteiger partial charge in [-0.15, -0.1) is 0 Å². The maximum atomic E-state index is 9.02. The third-order valence-corrected chi connectivity index (χ3v) is 4.30. The number of benzene rings is 2. The Morgan fingerprint density at radius 1 is 1.19 bits per heavy atom. The van der Waals surface area contributed by atoms with Crippen molar-refractivity contribution >= 4 is 23.4 Å². The van der Waals surface area contributed by atoms with Crippen molar-refractivity contribution < 1.29 is 4.74 Å². The van der Waals surface area contributed by atoms with E-state index in [4.69, 9.17) is 33.4 Å². The quantitative estimate of drug-likeness (QED) is 0.660. The van der Waals surface area contributed by atoms with Crippen LogP contribution in [0.25, 0.3) is 0 Å². The lowest BCUT2D eigenvalue weighted by Crippen LogP contribution is -2.14. The largest absolute Gasteiger partial charge is 0.453 e. The Morgan fingerprint density at radius 2 is 1.96 bits per heavy atom. The van der Waals surface area contributed by atoms with Crippen molar-refractivity contribution in [2.75, 3.05) is 0 Å². The molecule has 0 aliphatic carbocycles. The molecule has 0 atom stereocenters. The van der Waals surface area contributed by atoms with Crippen LogP contribution in [0.4, 0.5) is 0 Å². The summed E-state index contributed by atoms with van der Waals surface area (Å²) in [5.41, 5.74) is 3.02. The second kappa shape index (κ2) is 8.24. The minimum absolute atomic E-state index is 0.472. The molecule has 2 aromatic carbocycles. The highest BCUT2D eigenvalue weighted by Crippen LogP contribution is 2.30. The fraction of sp³-hybridized carbons (Fsp3) is 0.158. The van der Waals surface area contributed by atoms with Crippen molar-refractivity contribution in [3.05, 3.63) is 76.1 Å². The molecule has 0 bridgehead atoms. The summed E-state index contributed by atoms with van der Waals surface area (Å²) >= 11 is 12.1. The Labute approximate surface area is 161 Å².